The molecule has 0 aliphatic heterocycles. The molecule has 1 rings (SSSR count). The van der Waals surface area contributed by atoms with E-state index in [-0.39, 0.29) is 11.8 Å². The summed E-state index contributed by atoms with van der Waals surface area (Å²) in [6, 6.07) is 0. The van der Waals surface area contributed by atoms with Crippen molar-refractivity contribution in [3.8, 4) is 5.88 Å². The Morgan fingerprint density at radius 2 is 1.94 bits per heavy atom. The molecule has 0 spiro atoms. The third-order valence-electron chi connectivity index (χ3n) is 2.22. The summed E-state index contributed by atoms with van der Waals surface area (Å²) >= 11 is 0. The van der Waals surface area contributed by atoms with Crippen molar-refractivity contribution >= 4 is 5.82 Å². The molecule has 0 bridgehead atoms. The first kappa shape index (κ1) is 13.6. The Morgan fingerprint density at radius 1 is 1.29 bits per heavy atom. The first-order valence-electron chi connectivity index (χ1n) is 5.43. The maximum absolute atomic E-state index is 12.1. The average Bonchev–Trinajstić information content (AvgIpc) is 2.27. The lowest BCUT2D eigenvalue weighted by Gasteiger charge is -2.14. The van der Waals surface area contributed by atoms with Crippen LogP contribution in [0.2, 0.25) is 0 Å². The van der Waals surface area contributed by atoms with Crippen molar-refractivity contribution in [1.82, 2.24) is 9.97 Å². The van der Waals surface area contributed by atoms with E-state index in [1.165, 1.54) is 0 Å². The molecule has 0 saturated carbocycles. The van der Waals surface area contributed by atoms with Gasteiger partial charge in [-0.05, 0) is 6.92 Å². The van der Waals surface area contributed by atoms with E-state index in [1.54, 1.807) is 14.0 Å². The Hall–Kier alpha value is -1.46. The molecule has 0 atom stereocenters. The van der Waals surface area contributed by atoms with Crippen LogP contribution in [0.4, 0.5) is 14.6 Å². The topological polar surface area (TPSA) is 47.0 Å². The van der Waals surface area contributed by atoms with Crippen molar-refractivity contribution in [2.45, 2.75) is 33.1 Å². The first-order chi connectivity index (χ1) is 7.95. The number of rotatable bonds is 5. The minimum atomic E-state index is -2.51. The lowest BCUT2D eigenvalue weighted by atomic mass is 10.2. The number of halogens is 2. The van der Waals surface area contributed by atoms with Crippen LogP contribution in [0.5, 0.6) is 5.88 Å². The van der Waals surface area contributed by atoms with Crippen LogP contribution in [-0.4, -0.2) is 30.0 Å². The molecule has 4 nitrogen and oxygen atoms in total. The number of anilines is 1. The van der Waals surface area contributed by atoms with Gasteiger partial charge in [-0.1, -0.05) is 13.8 Å². The van der Waals surface area contributed by atoms with Gasteiger partial charge in [-0.2, -0.15) is 4.98 Å². The van der Waals surface area contributed by atoms with E-state index in [2.05, 4.69) is 15.3 Å². The largest absolute Gasteiger partial charge is 0.471 e. The zero-order valence-electron chi connectivity index (χ0n) is 10.4. The van der Waals surface area contributed by atoms with E-state index < -0.39 is 13.0 Å². The molecular weight excluding hydrogens is 228 g/mol. The predicted octanol–water partition coefficient (Wildman–Crippen LogP) is 2.59. The molecule has 0 saturated heterocycles. The fourth-order valence-electron chi connectivity index (χ4n) is 1.30. The molecule has 1 aromatic rings. The third kappa shape index (κ3) is 3.51. The molecule has 1 heterocycles. The lowest BCUT2D eigenvalue weighted by Crippen LogP contribution is -2.12. The van der Waals surface area contributed by atoms with Gasteiger partial charge in [-0.25, -0.2) is 13.8 Å². The monoisotopic (exact) mass is 245 g/mol. The van der Waals surface area contributed by atoms with Crippen molar-refractivity contribution in [2.24, 2.45) is 0 Å². The second-order valence-electron chi connectivity index (χ2n) is 3.97. The summed E-state index contributed by atoms with van der Waals surface area (Å²) in [5.74, 6) is 1.50. The van der Waals surface area contributed by atoms with Gasteiger partial charge in [0, 0.05) is 13.0 Å². The molecule has 6 heteroatoms. The summed E-state index contributed by atoms with van der Waals surface area (Å²) in [4.78, 5) is 8.43. The molecule has 1 aromatic heterocycles. The maximum Gasteiger partial charge on any atom is 0.272 e. The van der Waals surface area contributed by atoms with Crippen molar-refractivity contribution in [2.75, 3.05) is 19.0 Å². The second kappa shape index (κ2) is 5.75. The number of nitrogens with zero attached hydrogens (tertiary/aromatic N) is 2. The number of aromatic nitrogens is 2. The zero-order valence-corrected chi connectivity index (χ0v) is 10.4. The van der Waals surface area contributed by atoms with E-state index in [9.17, 15) is 8.78 Å². The SMILES string of the molecule is CNc1nc(C(C)C)nc(OCC(F)F)c1C. The molecule has 0 radical (unpaired) electrons. The Labute approximate surface area is 99.4 Å². The van der Waals surface area contributed by atoms with Gasteiger partial charge in [0.2, 0.25) is 5.88 Å². The fraction of sp³-hybridized carbons (Fsp3) is 0.636. The fourth-order valence-corrected chi connectivity index (χ4v) is 1.30. The van der Waals surface area contributed by atoms with Crippen LogP contribution < -0.4 is 10.1 Å². The quantitative estimate of drug-likeness (QED) is 0.866. The van der Waals surface area contributed by atoms with Crippen molar-refractivity contribution in [1.29, 1.82) is 0 Å². The predicted molar refractivity (Wildman–Crippen MR) is 61.9 cm³/mol. The highest BCUT2D eigenvalue weighted by Crippen LogP contribution is 2.24. The second-order valence-corrected chi connectivity index (χ2v) is 3.97. The number of hydrogen-bond donors (Lipinski definition) is 1. The van der Waals surface area contributed by atoms with E-state index in [0.29, 0.717) is 17.2 Å². The highest BCUT2D eigenvalue weighted by molar-refractivity contribution is 5.48. The van der Waals surface area contributed by atoms with Gasteiger partial charge in [0.25, 0.3) is 6.43 Å². The number of nitrogens with one attached hydrogen (secondary N) is 1. The van der Waals surface area contributed by atoms with Gasteiger partial charge >= 0.3 is 0 Å². The van der Waals surface area contributed by atoms with Crippen LogP contribution in [0.25, 0.3) is 0 Å². The average molecular weight is 245 g/mol. The van der Waals surface area contributed by atoms with Gasteiger partial charge in [-0.3, -0.25) is 0 Å². The van der Waals surface area contributed by atoms with Crippen LogP contribution >= 0.6 is 0 Å². The molecule has 17 heavy (non-hydrogen) atoms. The van der Waals surface area contributed by atoms with Crippen LogP contribution in [0.3, 0.4) is 0 Å². The molecule has 0 aromatic carbocycles. The van der Waals surface area contributed by atoms with Gasteiger partial charge in [0.05, 0.1) is 5.56 Å². The molecule has 0 amide bonds. The molecule has 0 aliphatic rings. The summed E-state index contributed by atoms with van der Waals surface area (Å²) in [6.45, 7) is 4.94. The van der Waals surface area contributed by atoms with Crippen molar-refractivity contribution < 1.29 is 13.5 Å². The summed E-state index contributed by atoms with van der Waals surface area (Å²) < 4.78 is 29.2. The minimum Gasteiger partial charge on any atom is -0.471 e. The first-order valence-corrected chi connectivity index (χ1v) is 5.43. The van der Waals surface area contributed by atoms with Crippen LogP contribution in [0.15, 0.2) is 0 Å². The van der Waals surface area contributed by atoms with E-state index in [0.717, 1.165) is 0 Å². The smallest absolute Gasteiger partial charge is 0.272 e. The van der Waals surface area contributed by atoms with Crippen LogP contribution in [0.1, 0.15) is 31.2 Å². The van der Waals surface area contributed by atoms with Crippen LogP contribution in [-0.2, 0) is 0 Å². The molecule has 96 valence electrons. The summed E-state index contributed by atoms with van der Waals surface area (Å²) in [7, 11) is 1.72. The van der Waals surface area contributed by atoms with E-state index >= 15 is 0 Å². The zero-order chi connectivity index (χ0) is 13.0. The van der Waals surface area contributed by atoms with Gasteiger partial charge in [0.15, 0.2) is 6.61 Å². The summed E-state index contributed by atoms with van der Waals surface area (Å²) in [5.41, 5.74) is 0.637. The third-order valence-corrected chi connectivity index (χ3v) is 2.22. The van der Waals surface area contributed by atoms with E-state index in [4.69, 9.17) is 4.74 Å². The van der Waals surface area contributed by atoms with Crippen molar-refractivity contribution in [3.05, 3.63) is 11.4 Å². The molecule has 1 N–H and O–H groups in total. The van der Waals surface area contributed by atoms with E-state index in [1.807, 2.05) is 13.8 Å². The number of hydrogen-bond acceptors (Lipinski definition) is 4. The van der Waals surface area contributed by atoms with Gasteiger partial charge < -0.3 is 10.1 Å². The Bertz CT molecular complexity index is 383. The maximum atomic E-state index is 12.1. The Kier molecular flexibility index (Phi) is 4.60. The highest BCUT2D eigenvalue weighted by Gasteiger charge is 2.14. The molecular formula is C11H17F2N3O. The highest BCUT2D eigenvalue weighted by atomic mass is 19.3. The van der Waals surface area contributed by atoms with Gasteiger partial charge in [-0.15, -0.1) is 0 Å². The molecule has 0 aliphatic carbocycles. The standard InChI is InChI=1S/C11H17F2N3O/c1-6(2)9-15-10(14-4)7(3)11(16-9)17-5-8(12)13/h6,8H,5H2,1-4H3,(H,14,15,16). The lowest BCUT2D eigenvalue weighted by molar-refractivity contribution is 0.0790. The Morgan fingerprint density at radius 3 is 2.41 bits per heavy atom. The number of ether oxygens (including phenoxy) is 1. The summed E-state index contributed by atoms with van der Waals surface area (Å²) in [6.07, 6.45) is -2.51. The number of alkyl halides is 2. The van der Waals surface area contributed by atoms with Gasteiger partial charge in [0.1, 0.15) is 11.6 Å². The molecule has 0 unspecified atom stereocenters. The minimum absolute atomic E-state index is 0.108. The summed E-state index contributed by atoms with van der Waals surface area (Å²) in [5, 5.41) is 2.90. The Balaban J connectivity index is 3.04. The molecule has 0 fully saturated rings. The van der Waals surface area contributed by atoms with Crippen molar-refractivity contribution in [3.63, 3.8) is 0 Å². The normalized spacial score (nSPS) is 11.1. The van der Waals surface area contributed by atoms with Crippen LogP contribution in [0, 0.1) is 6.92 Å².